The van der Waals surface area contributed by atoms with E-state index in [1.165, 1.54) is 29.3 Å². The lowest BCUT2D eigenvalue weighted by Crippen LogP contribution is -2.38. The minimum atomic E-state index is -0.580. The van der Waals surface area contributed by atoms with Gasteiger partial charge >= 0.3 is 6.03 Å². The lowest BCUT2D eigenvalue weighted by molar-refractivity contribution is 0.182. The molecule has 0 saturated carbocycles. The Morgan fingerprint density at radius 2 is 2.17 bits per heavy atom. The number of carbonyl (C=O) groups excluding carboxylic acids is 1. The van der Waals surface area contributed by atoms with Gasteiger partial charge in [0.25, 0.3) is 5.56 Å². The highest BCUT2D eigenvalue weighted by Crippen LogP contribution is 2.27. The molecule has 29 heavy (non-hydrogen) atoms. The minimum Gasteiger partial charge on any atom is -0.396 e. The topological polar surface area (TPSA) is 98.3 Å². The number of hydrogen-bond donors (Lipinski definition) is 3. The quantitative estimate of drug-likeness (QED) is 0.568. The maximum absolute atomic E-state index is 13.4. The van der Waals surface area contributed by atoms with Crippen molar-refractivity contribution >= 4 is 34.1 Å². The minimum absolute atomic E-state index is 0.0881. The molecule has 0 radical (unpaired) electrons. The van der Waals surface area contributed by atoms with Crippen LogP contribution >= 0.6 is 11.6 Å². The fraction of sp³-hybridized carbons (Fsp3) is 0.250. The molecule has 0 aliphatic carbocycles. The number of aliphatic hydroxyl groups excluding tert-OH is 1. The zero-order chi connectivity index (χ0) is 21.0. The number of fused-ring (bicyclic) bond motifs is 1. The molecule has 1 aromatic carbocycles. The third kappa shape index (κ3) is 4.55. The van der Waals surface area contributed by atoms with Crippen LogP contribution in [0.1, 0.15) is 24.9 Å². The SMILES string of the molecule is C[C@@H](c1c[nH]c(=O)c2cnccc12)N(CCCO)C(=O)Nc1ccc(F)c(Cl)c1. The Morgan fingerprint density at radius 1 is 1.38 bits per heavy atom. The Hall–Kier alpha value is -2.97. The van der Waals surface area contributed by atoms with E-state index in [9.17, 15) is 19.1 Å². The summed E-state index contributed by atoms with van der Waals surface area (Å²) in [7, 11) is 0. The fourth-order valence-corrected chi connectivity index (χ4v) is 3.30. The van der Waals surface area contributed by atoms with Crippen molar-refractivity contribution in [2.45, 2.75) is 19.4 Å². The van der Waals surface area contributed by atoms with Crippen LogP contribution in [0.4, 0.5) is 14.9 Å². The summed E-state index contributed by atoms with van der Waals surface area (Å²) in [6.07, 6.45) is 4.99. The van der Waals surface area contributed by atoms with Gasteiger partial charge in [-0.1, -0.05) is 11.6 Å². The van der Waals surface area contributed by atoms with Crippen LogP contribution in [-0.2, 0) is 0 Å². The number of H-pyrrole nitrogens is 1. The number of aliphatic hydroxyl groups is 1. The van der Waals surface area contributed by atoms with Crippen molar-refractivity contribution in [2.75, 3.05) is 18.5 Å². The van der Waals surface area contributed by atoms with E-state index in [0.717, 1.165) is 5.56 Å². The molecule has 3 aromatic rings. The number of amides is 2. The zero-order valence-electron chi connectivity index (χ0n) is 15.7. The number of aromatic amines is 1. The summed E-state index contributed by atoms with van der Waals surface area (Å²) in [4.78, 5) is 33.2. The van der Waals surface area contributed by atoms with E-state index in [1.807, 2.05) is 6.92 Å². The van der Waals surface area contributed by atoms with E-state index in [0.29, 0.717) is 22.9 Å². The number of nitrogens with one attached hydrogen (secondary N) is 2. The number of aromatic nitrogens is 2. The van der Waals surface area contributed by atoms with E-state index in [4.69, 9.17) is 11.6 Å². The van der Waals surface area contributed by atoms with Crippen molar-refractivity contribution < 1.29 is 14.3 Å². The van der Waals surface area contributed by atoms with Crippen molar-refractivity contribution in [3.8, 4) is 0 Å². The van der Waals surface area contributed by atoms with Crippen molar-refractivity contribution in [2.24, 2.45) is 0 Å². The van der Waals surface area contributed by atoms with E-state index in [-0.39, 0.29) is 23.7 Å². The normalized spacial score (nSPS) is 12.0. The van der Waals surface area contributed by atoms with Crippen LogP contribution in [-0.4, -0.2) is 39.2 Å². The van der Waals surface area contributed by atoms with Gasteiger partial charge in [-0.25, -0.2) is 9.18 Å². The largest absolute Gasteiger partial charge is 0.396 e. The van der Waals surface area contributed by atoms with Crippen molar-refractivity contribution in [1.29, 1.82) is 0 Å². The first kappa shape index (κ1) is 20.8. The number of halogens is 2. The molecule has 0 bridgehead atoms. The molecule has 0 aliphatic heterocycles. The smallest absolute Gasteiger partial charge is 0.322 e. The second-order valence-electron chi connectivity index (χ2n) is 6.50. The molecule has 0 spiro atoms. The van der Waals surface area contributed by atoms with Gasteiger partial charge in [0.05, 0.1) is 16.5 Å². The van der Waals surface area contributed by atoms with Crippen LogP contribution in [0.5, 0.6) is 0 Å². The average Bonchev–Trinajstić information content (AvgIpc) is 2.71. The Morgan fingerprint density at radius 3 is 2.90 bits per heavy atom. The van der Waals surface area contributed by atoms with E-state index in [1.54, 1.807) is 18.5 Å². The number of nitrogens with zero attached hydrogens (tertiary/aromatic N) is 2. The van der Waals surface area contributed by atoms with Crippen LogP contribution < -0.4 is 10.9 Å². The summed E-state index contributed by atoms with van der Waals surface area (Å²) in [5.41, 5.74) is 0.807. The van der Waals surface area contributed by atoms with Gasteiger partial charge in [0, 0.05) is 37.4 Å². The van der Waals surface area contributed by atoms with Crippen LogP contribution in [0.2, 0.25) is 5.02 Å². The average molecular weight is 419 g/mol. The molecule has 9 heteroatoms. The van der Waals surface area contributed by atoms with Gasteiger partial charge in [0.15, 0.2) is 0 Å². The molecular weight excluding hydrogens is 399 g/mol. The number of carbonyl (C=O) groups is 1. The van der Waals surface area contributed by atoms with Gasteiger partial charge in [-0.3, -0.25) is 9.78 Å². The molecule has 3 rings (SSSR count). The molecule has 2 amide bonds. The summed E-state index contributed by atoms with van der Waals surface area (Å²) in [5, 5.41) is 12.9. The van der Waals surface area contributed by atoms with Crippen LogP contribution in [0.15, 0.2) is 47.7 Å². The molecule has 2 aromatic heterocycles. The number of pyridine rings is 2. The first-order valence-electron chi connectivity index (χ1n) is 9.01. The Kier molecular flexibility index (Phi) is 6.46. The first-order valence-corrected chi connectivity index (χ1v) is 9.39. The summed E-state index contributed by atoms with van der Waals surface area (Å²) in [6.45, 7) is 2.00. The molecule has 2 heterocycles. The standard InChI is InChI=1S/C20H20ClFN4O3/c1-12(15-11-24-19(28)16-10-23-6-5-14(15)16)26(7-2-8-27)20(29)25-13-3-4-18(22)17(21)9-13/h3-6,9-12,27H,2,7-8H2,1H3,(H,24,28)(H,25,29)/t12-/m0/s1. The molecule has 0 fully saturated rings. The lowest BCUT2D eigenvalue weighted by Gasteiger charge is -2.30. The summed E-state index contributed by atoms with van der Waals surface area (Å²) in [5.74, 6) is -0.580. The molecule has 0 aliphatic rings. The highest BCUT2D eigenvalue weighted by atomic mass is 35.5. The number of urea groups is 1. The molecule has 0 saturated heterocycles. The third-order valence-corrected chi connectivity index (χ3v) is 4.93. The molecule has 3 N–H and O–H groups in total. The highest BCUT2D eigenvalue weighted by Gasteiger charge is 2.23. The number of anilines is 1. The van der Waals surface area contributed by atoms with Gasteiger partial charge in [-0.05, 0) is 48.6 Å². The molecular formula is C20H20ClFN4O3. The fourth-order valence-electron chi connectivity index (χ4n) is 3.12. The number of rotatable bonds is 6. The van der Waals surface area contributed by atoms with Crippen molar-refractivity contribution in [3.63, 3.8) is 0 Å². The maximum Gasteiger partial charge on any atom is 0.322 e. The molecule has 0 unspecified atom stereocenters. The number of hydrogen-bond acceptors (Lipinski definition) is 4. The molecule has 152 valence electrons. The summed E-state index contributed by atoms with van der Waals surface area (Å²) < 4.78 is 13.4. The van der Waals surface area contributed by atoms with E-state index >= 15 is 0 Å². The zero-order valence-corrected chi connectivity index (χ0v) is 16.4. The third-order valence-electron chi connectivity index (χ3n) is 4.64. The van der Waals surface area contributed by atoms with Gasteiger partial charge in [0.1, 0.15) is 5.82 Å². The monoisotopic (exact) mass is 418 g/mol. The second-order valence-corrected chi connectivity index (χ2v) is 6.91. The van der Waals surface area contributed by atoms with Gasteiger partial charge in [0.2, 0.25) is 0 Å². The Labute approximate surface area is 171 Å². The Bertz CT molecular complexity index is 1090. The summed E-state index contributed by atoms with van der Waals surface area (Å²) >= 11 is 5.79. The van der Waals surface area contributed by atoms with E-state index in [2.05, 4.69) is 15.3 Å². The predicted molar refractivity (Wildman–Crippen MR) is 110 cm³/mol. The van der Waals surface area contributed by atoms with Gasteiger partial charge < -0.3 is 20.3 Å². The highest BCUT2D eigenvalue weighted by molar-refractivity contribution is 6.31. The van der Waals surface area contributed by atoms with E-state index < -0.39 is 17.9 Å². The van der Waals surface area contributed by atoms with Crippen LogP contribution in [0.25, 0.3) is 10.8 Å². The Balaban J connectivity index is 1.93. The second kappa shape index (κ2) is 9.02. The van der Waals surface area contributed by atoms with Gasteiger partial charge in [-0.2, -0.15) is 0 Å². The first-order chi connectivity index (χ1) is 13.9. The van der Waals surface area contributed by atoms with Crippen molar-refractivity contribution in [3.05, 3.63) is 69.6 Å². The van der Waals surface area contributed by atoms with Crippen molar-refractivity contribution in [1.82, 2.24) is 14.9 Å². The summed E-state index contributed by atoms with van der Waals surface area (Å²) in [6, 6.07) is 4.75. The maximum atomic E-state index is 13.4. The lowest BCUT2D eigenvalue weighted by atomic mass is 10.0. The predicted octanol–water partition coefficient (Wildman–Crippen LogP) is 3.69. The van der Waals surface area contributed by atoms with Crippen LogP contribution in [0, 0.1) is 5.82 Å². The molecule has 1 atom stereocenters. The number of benzene rings is 1. The molecule has 7 nitrogen and oxygen atoms in total. The van der Waals surface area contributed by atoms with Crippen LogP contribution in [0.3, 0.4) is 0 Å². The van der Waals surface area contributed by atoms with Gasteiger partial charge in [-0.15, -0.1) is 0 Å².